The van der Waals surface area contributed by atoms with Gasteiger partial charge in [-0.25, -0.2) is 9.59 Å². The average molecular weight is 539 g/mol. The Labute approximate surface area is 195 Å². The smallest absolute Gasteiger partial charge is 0.408 e. The van der Waals surface area contributed by atoms with Gasteiger partial charge in [0.25, 0.3) is 0 Å². The predicted molar refractivity (Wildman–Crippen MR) is 124 cm³/mol. The lowest BCUT2D eigenvalue weighted by Crippen LogP contribution is -2.47. The molecule has 0 aliphatic rings. The number of benzene rings is 2. The van der Waals surface area contributed by atoms with Crippen LogP contribution in [0.4, 0.5) is 4.79 Å². The van der Waals surface area contributed by atoms with Crippen molar-refractivity contribution in [2.75, 3.05) is 4.43 Å². The van der Waals surface area contributed by atoms with Gasteiger partial charge in [0.2, 0.25) is 0 Å². The highest BCUT2D eigenvalue weighted by Crippen LogP contribution is 2.22. The Morgan fingerprint density at radius 2 is 1.71 bits per heavy atom. The van der Waals surface area contributed by atoms with Gasteiger partial charge in [0.15, 0.2) is 0 Å². The van der Waals surface area contributed by atoms with Crippen molar-refractivity contribution in [2.24, 2.45) is 5.92 Å². The summed E-state index contributed by atoms with van der Waals surface area (Å²) in [4.78, 5) is 36.2. The van der Waals surface area contributed by atoms with Gasteiger partial charge in [-0.1, -0.05) is 85.3 Å². The third-order valence-electron chi connectivity index (χ3n) is 4.91. The first-order valence-corrected chi connectivity index (χ1v) is 11.5. The van der Waals surface area contributed by atoms with E-state index in [1.807, 2.05) is 66.8 Å². The molecule has 3 atom stereocenters. The largest absolute Gasteiger partial charge is 0.481 e. The van der Waals surface area contributed by atoms with Gasteiger partial charge in [-0.2, -0.15) is 0 Å². The molecule has 2 N–H and O–H groups in total. The summed E-state index contributed by atoms with van der Waals surface area (Å²) in [7, 11) is 0. The third kappa shape index (κ3) is 7.54. The number of alkyl halides is 1. The molecule has 0 radical (unpaired) electrons. The number of rotatable bonds is 10. The Bertz CT molecular complexity index is 871. The Hall–Kier alpha value is -2.62. The number of carbonyl (C=O) groups excluding carboxylic acids is 2. The molecule has 1 amide bonds. The molecule has 166 valence electrons. The molecule has 2 rings (SSSR count). The first kappa shape index (κ1) is 24.6. The number of carboxylic acid groups (broad SMARTS) is 1. The van der Waals surface area contributed by atoms with Crippen LogP contribution in [0.2, 0.25) is 0 Å². The molecule has 0 bridgehead atoms. The Balaban J connectivity index is 2.00. The number of ether oxygens (including phenoxy) is 2. The number of amides is 1. The molecule has 2 aromatic carbocycles. The van der Waals surface area contributed by atoms with Crippen LogP contribution in [0.1, 0.15) is 37.3 Å². The molecule has 0 saturated heterocycles. The summed E-state index contributed by atoms with van der Waals surface area (Å²) >= 11 is 2.02. The van der Waals surface area contributed by atoms with E-state index in [9.17, 15) is 19.5 Å². The standard InChI is InChI=1S/C23H26INO6/c1-3-15(2)20(25-23(29)30-14-16-7-5-4-6-8-16)22(28)31-18-11-9-17(10-12-18)19(13-24)21(26)27/h4-12,15,19-20H,3,13-14H2,1-2H3,(H,25,29)(H,26,27)/t15-,19?,20-/m0/s1. The minimum atomic E-state index is -0.908. The van der Waals surface area contributed by atoms with Crippen LogP contribution in [0.5, 0.6) is 5.75 Å². The minimum Gasteiger partial charge on any atom is -0.481 e. The molecular weight excluding hydrogens is 513 g/mol. The molecule has 0 aromatic heterocycles. The fourth-order valence-corrected chi connectivity index (χ4v) is 3.69. The van der Waals surface area contributed by atoms with E-state index in [1.54, 1.807) is 24.3 Å². The van der Waals surface area contributed by atoms with E-state index in [0.29, 0.717) is 16.4 Å². The Morgan fingerprint density at radius 1 is 1.06 bits per heavy atom. The molecule has 1 unspecified atom stereocenters. The maximum absolute atomic E-state index is 12.7. The van der Waals surface area contributed by atoms with E-state index in [1.165, 1.54) is 0 Å². The summed E-state index contributed by atoms with van der Waals surface area (Å²) in [6.45, 7) is 3.84. The van der Waals surface area contributed by atoms with Gasteiger partial charge in [0, 0.05) is 4.43 Å². The molecule has 0 heterocycles. The van der Waals surface area contributed by atoms with Crippen molar-refractivity contribution in [2.45, 2.75) is 38.8 Å². The van der Waals surface area contributed by atoms with Crippen molar-refractivity contribution in [3.8, 4) is 5.75 Å². The molecule has 0 aliphatic carbocycles. The maximum Gasteiger partial charge on any atom is 0.408 e. The monoisotopic (exact) mass is 539 g/mol. The summed E-state index contributed by atoms with van der Waals surface area (Å²) in [6, 6.07) is 14.7. The van der Waals surface area contributed by atoms with Gasteiger partial charge in [0.05, 0.1) is 5.92 Å². The van der Waals surface area contributed by atoms with Gasteiger partial charge in [-0.3, -0.25) is 4.79 Å². The zero-order chi connectivity index (χ0) is 22.8. The Kier molecular flexibility index (Phi) is 9.77. The highest BCUT2D eigenvalue weighted by molar-refractivity contribution is 14.1. The lowest BCUT2D eigenvalue weighted by Gasteiger charge is -2.22. The molecule has 0 saturated carbocycles. The molecule has 8 heteroatoms. The van der Waals surface area contributed by atoms with E-state index in [4.69, 9.17) is 9.47 Å². The molecule has 0 spiro atoms. The number of esters is 1. The number of alkyl carbamates (subject to hydrolysis) is 1. The van der Waals surface area contributed by atoms with E-state index in [0.717, 1.165) is 5.56 Å². The molecule has 31 heavy (non-hydrogen) atoms. The zero-order valence-electron chi connectivity index (χ0n) is 17.4. The first-order valence-electron chi connectivity index (χ1n) is 9.93. The van der Waals surface area contributed by atoms with Crippen molar-refractivity contribution < 1.29 is 29.0 Å². The van der Waals surface area contributed by atoms with Gasteiger partial charge in [-0.05, 0) is 29.2 Å². The van der Waals surface area contributed by atoms with Crippen molar-refractivity contribution in [1.29, 1.82) is 0 Å². The number of aliphatic carboxylic acids is 1. The van der Waals surface area contributed by atoms with Crippen molar-refractivity contribution in [3.63, 3.8) is 0 Å². The molecule has 0 aliphatic heterocycles. The second-order valence-corrected chi connectivity index (χ2v) is 7.99. The summed E-state index contributed by atoms with van der Waals surface area (Å²) in [6.07, 6.45) is -0.0547. The number of carboxylic acids is 1. The van der Waals surface area contributed by atoms with Crippen LogP contribution < -0.4 is 10.1 Å². The van der Waals surface area contributed by atoms with Crippen LogP contribution >= 0.6 is 22.6 Å². The fourth-order valence-electron chi connectivity index (χ4n) is 2.81. The van der Waals surface area contributed by atoms with Crippen LogP contribution in [0.15, 0.2) is 54.6 Å². The maximum atomic E-state index is 12.7. The second kappa shape index (κ2) is 12.3. The number of halogens is 1. The minimum absolute atomic E-state index is 0.0952. The summed E-state index contributed by atoms with van der Waals surface area (Å²) < 4.78 is 11.1. The topological polar surface area (TPSA) is 102 Å². The first-order chi connectivity index (χ1) is 14.8. The van der Waals surface area contributed by atoms with E-state index < -0.39 is 30.0 Å². The van der Waals surface area contributed by atoms with Crippen LogP contribution in [0.25, 0.3) is 0 Å². The van der Waals surface area contributed by atoms with Crippen LogP contribution in [-0.2, 0) is 20.9 Å². The number of hydrogen-bond acceptors (Lipinski definition) is 5. The number of carbonyl (C=O) groups is 3. The van der Waals surface area contributed by atoms with Crippen molar-refractivity contribution in [3.05, 3.63) is 65.7 Å². The van der Waals surface area contributed by atoms with Crippen LogP contribution in [0, 0.1) is 5.92 Å². The third-order valence-corrected chi connectivity index (χ3v) is 5.79. The van der Waals surface area contributed by atoms with Crippen molar-refractivity contribution >= 4 is 40.6 Å². The molecule has 2 aromatic rings. The SMILES string of the molecule is CC[C@H](C)[C@H](NC(=O)OCc1ccccc1)C(=O)Oc1ccc(C(CI)C(=O)O)cc1. The van der Waals surface area contributed by atoms with Gasteiger partial charge >= 0.3 is 18.0 Å². The zero-order valence-corrected chi connectivity index (χ0v) is 19.6. The van der Waals surface area contributed by atoms with Crippen LogP contribution in [0.3, 0.4) is 0 Å². The highest BCUT2D eigenvalue weighted by atomic mass is 127. The molecule has 7 nitrogen and oxygen atoms in total. The normalized spacial score (nSPS) is 13.5. The lowest BCUT2D eigenvalue weighted by molar-refractivity contribution is -0.139. The highest BCUT2D eigenvalue weighted by Gasteiger charge is 2.28. The summed E-state index contributed by atoms with van der Waals surface area (Å²) in [5.74, 6) is -2.04. The fraction of sp³-hybridized carbons (Fsp3) is 0.348. The van der Waals surface area contributed by atoms with Crippen LogP contribution in [-0.4, -0.2) is 33.6 Å². The number of nitrogens with one attached hydrogen (secondary N) is 1. The van der Waals surface area contributed by atoms with Gasteiger partial charge < -0.3 is 19.9 Å². The van der Waals surface area contributed by atoms with Gasteiger partial charge in [0.1, 0.15) is 18.4 Å². The average Bonchev–Trinajstić information content (AvgIpc) is 2.77. The predicted octanol–water partition coefficient (Wildman–Crippen LogP) is 4.54. The van der Waals surface area contributed by atoms with E-state index >= 15 is 0 Å². The lowest BCUT2D eigenvalue weighted by atomic mass is 9.99. The van der Waals surface area contributed by atoms with Gasteiger partial charge in [-0.15, -0.1) is 0 Å². The molecular formula is C23H26INO6. The van der Waals surface area contributed by atoms with E-state index in [-0.39, 0.29) is 18.3 Å². The second-order valence-electron chi connectivity index (χ2n) is 7.10. The number of hydrogen-bond donors (Lipinski definition) is 2. The van der Waals surface area contributed by atoms with E-state index in [2.05, 4.69) is 5.32 Å². The molecule has 0 fully saturated rings. The summed E-state index contributed by atoms with van der Waals surface area (Å²) in [5.41, 5.74) is 1.47. The van der Waals surface area contributed by atoms with Crippen molar-refractivity contribution in [1.82, 2.24) is 5.32 Å². The quantitative estimate of drug-likeness (QED) is 0.199. The Morgan fingerprint density at radius 3 is 2.26 bits per heavy atom. The summed E-state index contributed by atoms with van der Waals surface area (Å²) in [5, 5.41) is 11.9.